The monoisotopic (exact) mass is 257 g/mol. The predicted molar refractivity (Wildman–Crippen MR) is 64.1 cm³/mol. The average molecular weight is 257 g/mol. The first-order chi connectivity index (χ1) is 7.89. The molecule has 17 heavy (non-hydrogen) atoms. The van der Waals surface area contributed by atoms with Crippen LogP contribution < -0.4 is 4.72 Å². The van der Waals surface area contributed by atoms with Gasteiger partial charge in [-0.25, -0.2) is 13.1 Å². The number of sulfonamides is 1. The third kappa shape index (κ3) is 5.46. The van der Waals surface area contributed by atoms with Gasteiger partial charge in [0.15, 0.2) is 0 Å². The minimum atomic E-state index is -3.52. The normalized spacial score (nSPS) is 11.4. The molecule has 94 valence electrons. The topological polar surface area (TPSA) is 83.5 Å². The zero-order valence-corrected chi connectivity index (χ0v) is 10.3. The molecule has 0 heterocycles. The maximum atomic E-state index is 11.4. The molecule has 0 atom stereocenters. The van der Waals surface area contributed by atoms with Crippen LogP contribution in [0.1, 0.15) is 17.5 Å². The van der Waals surface area contributed by atoms with Gasteiger partial charge in [0, 0.05) is 6.54 Å². The lowest BCUT2D eigenvalue weighted by atomic mass is 10.2. The van der Waals surface area contributed by atoms with Crippen molar-refractivity contribution in [3.8, 4) is 0 Å². The Hall–Kier alpha value is -1.40. The van der Waals surface area contributed by atoms with Gasteiger partial charge in [0.2, 0.25) is 10.0 Å². The van der Waals surface area contributed by atoms with Crippen LogP contribution in [0.3, 0.4) is 0 Å². The minimum absolute atomic E-state index is 0.183. The number of hydrogen-bond donors (Lipinski definition) is 2. The van der Waals surface area contributed by atoms with Crippen molar-refractivity contribution in [1.29, 1.82) is 0 Å². The first-order valence-corrected chi connectivity index (χ1v) is 6.79. The van der Waals surface area contributed by atoms with Crippen molar-refractivity contribution in [3.05, 3.63) is 35.4 Å². The molecule has 0 aliphatic heterocycles. The van der Waals surface area contributed by atoms with Crippen molar-refractivity contribution >= 4 is 16.0 Å². The Morgan fingerprint density at radius 3 is 2.41 bits per heavy atom. The van der Waals surface area contributed by atoms with Gasteiger partial charge in [-0.2, -0.15) is 0 Å². The number of rotatable bonds is 6. The second-order valence-corrected chi connectivity index (χ2v) is 5.70. The van der Waals surface area contributed by atoms with E-state index in [9.17, 15) is 13.2 Å². The third-order valence-electron chi connectivity index (χ3n) is 2.20. The summed E-state index contributed by atoms with van der Waals surface area (Å²) in [5, 5.41) is 8.40. The molecule has 1 aromatic rings. The molecule has 0 amide bonds. The standard InChI is InChI=1S/C11H15NO4S/c1-9-2-4-10(5-3-9)8-12-17(15,16)7-6-11(13)14/h2-5,12H,6-8H2,1H3,(H,13,14). The van der Waals surface area contributed by atoms with Crippen LogP contribution in [0.15, 0.2) is 24.3 Å². The first-order valence-electron chi connectivity index (χ1n) is 5.14. The lowest BCUT2D eigenvalue weighted by Crippen LogP contribution is -2.27. The van der Waals surface area contributed by atoms with E-state index in [0.717, 1.165) is 11.1 Å². The van der Waals surface area contributed by atoms with Gasteiger partial charge in [0.05, 0.1) is 12.2 Å². The number of hydrogen-bond acceptors (Lipinski definition) is 3. The summed E-state index contributed by atoms with van der Waals surface area (Å²) in [6, 6.07) is 7.44. The number of carbonyl (C=O) groups is 1. The van der Waals surface area contributed by atoms with Gasteiger partial charge in [0.25, 0.3) is 0 Å². The molecule has 0 unspecified atom stereocenters. The molecule has 1 rings (SSSR count). The molecular formula is C11H15NO4S. The summed E-state index contributed by atoms with van der Waals surface area (Å²) in [5.74, 6) is -1.51. The molecule has 0 aliphatic rings. The van der Waals surface area contributed by atoms with E-state index >= 15 is 0 Å². The zero-order valence-electron chi connectivity index (χ0n) is 9.51. The van der Waals surface area contributed by atoms with Crippen molar-refractivity contribution in [2.45, 2.75) is 19.9 Å². The summed E-state index contributed by atoms with van der Waals surface area (Å²) in [6.45, 7) is 2.13. The van der Waals surface area contributed by atoms with Crippen LogP contribution in [0.5, 0.6) is 0 Å². The molecule has 2 N–H and O–H groups in total. The van der Waals surface area contributed by atoms with E-state index < -0.39 is 21.7 Å². The number of carboxylic acid groups (broad SMARTS) is 1. The molecule has 0 saturated heterocycles. The Kier molecular flexibility index (Phi) is 4.65. The predicted octanol–water partition coefficient (Wildman–Crippen LogP) is 0.889. The fourth-order valence-corrected chi connectivity index (χ4v) is 2.17. The molecule has 5 nitrogen and oxygen atoms in total. The summed E-state index contributed by atoms with van der Waals surface area (Å²) in [7, 11) is -3.52. The Bertz CT molecular complexity index is 479. The van der Waals surface area contributed by atoms with E-state index in [0.29, 0.717) is 0 Å². The van der Waals surface area contributed by atoms with E-state index in [1.54, 1.807) is 0 Å². The summed E-state index contributed by atoms with van der Waals surface area (Å²) >= 11 is 0. The number of aryl methyl sites for hydroxylation is 1. The van der Waals surface area contributed by atoms with Gasteiger partial charge in [-0.3, -0.25) is 4.79 Å². The van der Waals surface area contributed by atoms with Gasteiger partial charge in [0.1, 0.15) is 0 Å². The molecule has 0 aromatic heterocycles. The van der Waals surface area contributed by atoms with Gasteiger partial charge in [-0.1, -0.05) is 29.8 Å². The fraction of sp³-hybridized carbons (Fsp3) is 0.364. The Morgan fingerprint density at radius 2 is 1.88 bits per heavy atom. The molecular weight excluding hydrogens is 242 g/mol. The van der Waals surface area contributed by atoms with Crippen LogP contribution >= 0.6 is 0 Å². The minimum Gasteiger partial charge on any atom is -0.481 e. The quantitative estimate of drug-likeness (QED) is 0.792. The fourth-order valence-electron chi connectivity index (χ4n) is 1.19. The van der Waals surface area contributed by atoms with Crippen LogP contribution in [0.2, 0.25) is 0 Å². The van der Waals surface area contributed by atoms with Crippen LogP contribution in [-0.2, 0) is 21.4 Å². The molecule has 0 bridgehead atoms. The van der Waals surface area contributed by atoms with Crippen LogP contribution in [0.4, 0.5) is 0 Å². The Labute approximate surface area is 101 Å². The molecule has 1 aromatic carbocycles. The van der Waals surface area contributed by atoms with E-state index in [-0.39, 0.29) is 13.0 Å². The lowest BCUT2D eigenvalue weighted by molar-refractivity contribution is -0.136. The lowest BCUT2D eigenvalue weighted by Gasteiger charge is -2.05. The highest BCUT2D eigenvalue weighted by molar-refractivity contribution is 7.89. The second-order valence-electron chi connectivity index (χ2n) is 3.77. The summed E-state index contributed by atoms with van der Waals surface area (Å²) in [4.78, 5) is 10.3. The highest BCUT2D eigenvalue weighted by atomic mass is 32.2. The second kappa shape index (κ2) is 5.79. The average Bonchev–Trinajstić information content (AvgIpc) is 2.26. The van der Waals surface area contributed by atoms with E-state index in [1.807, 2.05) is 31.2 Å². The largest absolute Gasteiger partial charge is 0.481 e. The van der Waals surface area contributed by atoms with E-state index in [2.05, 4.69) is 4.72 Å². The maximum Gasteiger partial charge on any atom is 0.304 e. The van der Waals surface area contributed by atoms with Gasteiger partial charge in [-0.05, 0) is 12.5 Å². The van der Waals surface area contributed by atoms with Crippen molar-refractivity contribution < 1.29 is 18.3 Å². The van der Waals surface area contributed by atoms with Crippen LogP contribution in [0, 0.1) is 6.92 Å². The van der Waals surface area contributed by atoms with Gasteiger partial charge < -0.3 is 5.11 Å². The number of nitrogens with one attached hydrogen (secondary N) is 1. The van der Waals surface area contributed by atoms with Crippen molar-refractivity contribution in [2.75, 3.05) is 5.75 Å². The van der Waals surface area contributed by atoms with Gasteiger partial charge in [-0.15, -0.1) is 0 Å². The van der Waals surface area contributed by atoms with Crippen molar-refractivity contribution in [1.82, 2.24) is 4.72 Å². The summed E-state index contributed by atoms with van der Waals surface area (Å²) in [5.41, 5.74) is 1.94. The highest BCUT2D eigenvalue weighted by Crippen LogP contribution is 2.03. The number of carboxylic acids is 1. The molecule has 6 heteroatoms. The van der Waals surface area contributed by atoms with Crippen molar-refractivity contribution in [3.63, 3.8) is 0 Å². The molecule has 0 aliphatic carbocycles. The maximum absolute atomic E-state index is 11.4. The number of aliphatic carboxylic acids is 1. The Balaban J connectivity index is 2.49. The molecule has 0 fully saturated rings. The molecule has 0 saturated carbocycles. The summed E-state index contributed by atoms with van der Waals surface area (Å²) in [6.07, 6.45) is -0.386. The highest BCUT2D eigenvalue weighted by Gasteiger charge is 2.12. The Morgan fingerprint density at radius 1 is 1.29 bits per heavy atom. The third-order valence-corrected chi connectivity index (χ3v) is 3.53. The van der Waals surface area contributed by atoms with Crippen molar-refractivity contribution in [2.24, 2.45) is 0 Å². The number of benzene rings is 1. The molecule has 0 radical (unpaired) electrons. The SMILES string of the molecule is Cc1ccc(CNS(=O)(=O)CCC(=O)O)cc1. The van der Waals surface area contributed by atoms with E-state index in [4.69, 9.17) is 5.11 Å². The van der Waals surface area contributed by atoms with E-state index in [1.165, 1.54) is 0 Å². The zero-order chi connectivity index (χ0) is 12.9. The summed E-state index contributed by atoms with van der Waals surface area (Å²) < 4.78 is 25.2. The van der Waals surface area contributed by atoms with Crippen LogP contribution in [-0.4, -0.2) is 25.2 Å². The van der Waals surface area contributed by atoms with Gasteiger partial charge >= 0.3 is 5.97 Å². The van der Waals surface area contributed by atoms with Crippen LogP contribution in [0.25, 0.3) is 0 Å². The first kappa shape index (κ1) is 13.7. The smallest absolute Gasteiger partial charge is 0.304 e. The molecule has 0 spiro atoms.